The first kappa shape index (κ1) is 14.3. The maximum atomic E-state index is 12.0. The van der Waals surface area contributed by atoms with E-state index in [2.05, 4.69) is 16.7 Å². The highest BCUT2D eigenvalue weighted by Crippen LogP contribution is 2.28. The largest absolute Gasteiger partial charge is 0.330 e. The molecule has 1 atom stereocenters. The number of carbonyl (C=O) groups is 1. The van der Waals surface area contributed by atoms with Gasteiger partial charge in [-0.2, -0.15) is 5.10 Å². The van der Waals surface area contributed by atoms with Gasteiger partial charge in [0.15, 0.2) is 0 Å². The predicted molar refractivity (Wildman–Crippen MR) is 75.9 cm³/mol. The van der Waals surface area contributed by atoms with Crippen molar-refractivity contribution < 1.29 is 4.79 Å². The van der Waals surface area contributed by atoms with Crippen LogP contribution in [0.5, 0.6) is 0 Å². The number of nitrogens with two attached hydrogens (primary N) is 1. The Bertz CT molecular complexity index is 403. The topological polar surface area (TPSA) is 60.9 Å². The van der Waals surface area contributed by atoms with Crippen LogP contribution in [0.1, 0.15) is 57.2 Å². The average Bonchev–Trinajstić information content (AvgIpc) is 3.06. The van der Waals surface area contributed by atoms with E-state index in [1.165, 1.54) is 25.7 Å². The molecule has 1 fully saturated rings. The molecule has 0 aliphatic heterocycles. The molecule has 0 saturated heterocycles. The van der Waals surface area contributed by atoms with E-state index in [0.717, 1.165) is 12.1 Å². The zero-order valence-electron chi connectivity index (χ0n) is 11.8. The van der Waals surface area contributed by atoms with Crippen molar-refractivity contribution in [1.82, 2.24) is 9.78 Å². The van der Waals surface area contributed by atoms with Gasteiger partial charge in [-0.1, -0.05) is 26.2 Å². The number of Topliss-reactive ketones (excluding diaryl/α,β-unsaturated/α-hetero) is 1. The maximum Gasteiger partial charge on any atom is 0.139 e. The number of nitrogens with zero attached hydrogens (tertiary/aromatic N) is 2. The Balaban J connectivity index is 1.87. The van der Waals surface area contributed by atoms with E-state index in [1.807, 2.05) is 12.3 Å². The molecule has 0 amide bonds. The number of hydrogen-bond donors (Lipinski definition) is 1. The molecule has 1 aliphatic rings. The minimum Gasteiger partial charge on any atom is -0.330 e. The molecule has 0 aromatic carbocycles. The molecule has 1 aromatic heterocycles. The van der Waals surface area contributed by atoms with Crippen molar-refractivity contribution in [2.45, 2.75) is 57.9 Å². The summed E-state index contributed by atoms with van der Waals surface area (Å²) in [5.74, 6) is 0.582. The van der Waals surface area contributed by atoms with Crippen LogP contribution < -0.4 is 5.73 Å². The second-order valence-electron chi connectivity index (χ2n) is 5.65. The molecule has 1 aromatic rings. The highest BCUT2D eigenvalue weighted by Gasteiger charge is 2.18. The fourth-order valence-electron chi connectivity index (χ4n) is 2.83. The summed E-state index contributed by atoms with van der Waals surface area (Å²) < 4.78 is 2.05. The average molecular weight is 263 g/mol. The Kier molecular flexibility index (Phi) is 5.14. The van der Waals surface area contributed by atoms with Crippen molar-refractivity contribution in [2.24, 2.45) is 11.7 Å². The molecule has 4 nitrogen and oxygen atoms in total. The Morgan fingerprint density at radius 1 is 1.53 bits per heavy atom. The Morgan fingerprint density at radius 2 is 2.26 bits per heavy atom. The SMILES string of the molecule is CCC(CN)CC(=O)Cc1ccn(C2CCCC2)n1. The molecule has 1 unspecified atom stereocenters. The number of aromatic nitrogens is 2. The van der Waals surface area contributed by atoms with Crippen molar-refractivity contribution >= 4 is 5.78 Å². The van der Waals surface area contributed by atoms with Gasteiger partial charge in [0.25, 0.3) is 0 Å². The molecule has 19 heavy (non-hydrogen) atoms. The van der Waals surface area contributed by atoms with E-state index < -0.39 is 0 Å². The summed E-state index contributed by atoms with van der Waals surface area (Å²) in [6, 6.07) is 2.54. The second-order valence-corrected chi connectivity index (χ2v) is 5.65. The van der Waals surface area contributed by atoms with Crippen molar-refractivity contribution in [1.29, 1.82) is 0 Å². The lowest BCUT2D eigenvalue weighted by molar-refractivity contribution is -0.119. The van der Waals surface area contributed by atoms with Crippen LogP contribution in [-0.2, 0) is 11.2 Å². The monoisotopic (exact) mass is 263 g/mol. The number of carbonyl (C=O) groups excluding carboxylic acids is 1. The van der Waals surface area contributed by atoms with Gasteiger partial charge < -0.3 is 5.73 Å². The standard InChI is InChI=1S/C15H25N3O/c1-2-12(11-16)9-15(19)10-13-7-8-18(17-13)14-5-3-4-6-14/h7-8,12,14H,2-6,9-11,16H2,1H3. The maximum absolute atomic E-state index is 12.0. The first-order valence-corrected chi connectivity index (χ1v) is 7.48. The number of ketones is 1. The number of hydrogen-bond acceptors (Lipinski definition) is 3. The molecule has 1 aliphatic carbocycles. The summed E-state index contributed by atoms with van der Waals surface area (Å²) >= 11 is 0. The van der Waals surface area contributed by atoms with Crippen LogP contribution >= 0.6 is 0 Å². The lowest BCUT2D eigenvalue weighted by Gasteiger charge is -2.10. The third kappa shape index (κ3) is 3.90. The molecule has 0 radical (unpaired) electrons. The molecule has 1 saturated carbocycles. The van der Waals surface area contributed by atoms with E-state index in [-0.39, 0.29) is 5.78 Å². The van der Waals surface area contributed by atoms with E-state index in [1.54, 1.807) is 0 Å². The summed E-state index contributed by atoms with van der Waals surface area (Å²) in [6.45, 7) is 2.68. The lowest BCUT2D eigenvalue weighted by Crippen LogP contribution is -2.18. The Morgan fingerprint density at radius 3 is 2.89 bits per heavy atom. The first-order valence-electron chi connectivity index (χ1n) is 7.48. The molecule has 106 valence electrons. The summed E-state index contributed by atoms with van der Waals surface area (Å²) in [5, 5.41) is 4.56. The fraction of sp³-hybridized carbons (Fsp3) is 0.733. The highest BCUT2D eigenvalue weighted by molar-refractivity contribution is 5.80. The van der Waals surface area contributed by atoms with Crippen molar-refractivity contribution in [3.8, 4) is 0 Å². The van der Waals surface area contributed by atoms with E-state index >= 15 is 0 Å². The smallest absolute Gasteiger partial charge is 0.139 e. The third-order valence-electron chi connectivity index (χ3n) is 4.17. The van der Waals surface area contributed by atoms with Crippen LogP contribution in [0.4, 0.5) is 0 Å². The first-order chi connectivity index (χ1) is 9.22. The minimum absolute atomic E-state index is 0.258. The summed E-state index contributed by atoms with van der Waals surface area (Å²) in [6.07, 6.45) is 9.08. The van der Waals surface area contributed by atoms with E-state index in [4.69, 9.17) is 5.73 Å². The molecular formula is C15H25N3O. The van der Waals surface area contributed by atoms with Gasteiger partial charge in [-0.05, 0) is 31.4 Å². The van der Waals surface area contributed by atoms with Gasteiger partial charge in [-0.15, -0.1) is 0 Å². The summed E-state index contributed by atoms with van der Waals surface area (Å²) in [5.41, 5.74) is 6.55. The second kappa shape index (κ2) is 6.85. The highest BCUT2D eigenvalue weighted by atomic mass is 16.1. The molecule has 1 heterocycles. The van der Waals surface area contributed by atoms with Crippen LogP contribution in [0.3, 0.4) is 0 Å². The molecule has 2 N–H and O–H groups in total. The van der Waals surface area contributed by atoms with Crippen LogP contribution in [0.15, 0.2) is 12.3 Å². The Hall–Kier alpha value is -1.16. The van der Waals surface area contributed by atoms with Gasteiger partial charge in [-0.25, -0.2) is 0 Å². The van der Waals surface area contributed by atoms with Crippen LogP contribution in [-0.4, -0.2) is 22.1 Å². The van der Waals surface area contributed by atoms with Crippen molar-refractivity contribution in [3.05, 3.63) is 18.0 Å². The fourth-order valence-corrected chi connectivity index (χ4v) is 2.83. The normalized spacial score (nSPS) is 17.8. The molecular weight excluding hydrogens is 238 g/mol. The van der Waals surface area contributed by atoms with E-state index in [9.17, 15) is 4.79 Å². The van der Waals surface area contributed by atoms with Gasteiger partial charge >= 0.3 is 0 Å². The third-order valence-corrected chi connectivity index (χ3v) is 4.17. The number of rotatable bonds is 7. The molecule has 2 rings (SSSR count). The van der Waals surface area contributed by atoms with Crippen LogP contribution in [0.2, 0.25) is 0 Å². The van der Waals surface area contributed by atoms with Gasteiger partial charge in [0.2, 0.25) is 0 Å². The van der Waals surface area contributed by atoms with Gasteiger partial charge in [0.05, 0.1) is 18.2 Å². The minimum atomic E-state index is 0.258. The summed E-state index contributed by atoms with van der Waals surface area (Å²) in [7, 11) is 0. The van der Waals surface area contributed by atoms with Crippen molar-refractivity contribution in [2.75, 3.05) is 6.54 Å². The lowest BCUT2D eigenvalue weighted by atomic mass is 9.98. The zero-order chi connectivity index (χ0) is 13.7. The van der Waals surface area contributed by atoms with Crippen molar-refractivity contribution in [3.63, 3.8) is 0 Å². The zero-order valence-corrected chi connectivity index (χ0v) is 11.8. The molecule has 4 heteroatoms. The van der Waals surface area contributed by atoms with Crippen LogP contribution in [0, 0.1) is 5.92 Å². The molecule has 0 spiro atoms. The summed E-state index contributed by atoms with van der Waals surface area (Å²) in [4.78, 5) is 12.0. The van der Waals surface area contributed by atoms with Gasteiger partial charge in [0.1, 0.15) is 5.78 Å². The Labute approximate surface area is 115 Å². The van der Waals surface area contributed by atoms with Gasteiger partial charge in [-0.3, -0.25) is 9.48 Å². The van der Waals surface area contributed by atoms with Crippen LogP contribution in [0.25, 0.3) is 0 Å². The van der Waals surface area contributed by atoms with E-state index in [0.29, 0.717) is 31.3 Å². The van der Waals surface area contributed by atoms with Gasteiger partial charge in [0, 0.05) is 12.6 Å². The predicted octanol–water partition coefficient (Wildman–Crippen LogP) is 2.48. The molecule has 0 bridgehead atoms. The quantitative estimate of drug-likeness (QED) is 0.822.